The summed E-state index contributed by atoms with van der Waals surface area (Å²) >= 11 is 0. The molecule has 0 unspecified atom stereocenters. The molecule has 0 saturated carbocycles. The van der Waals surface area contributed by atoms with Crippen molar-refractivity contribution in [3.05, 3.63) is 41.5 Å². The number of carboxylic acids is 1. The highest BCUT2D eigenvalue weighted by atomic mass is 19.1. The molecule has 1 saturated heterocycles. The van der Waals surface area contributed by atoms with Gasteiger partial charge in [-0.3, -0.25) is 4.79 Å². The molecule has 2 heterocycles. The summed E-state index contributed by atoms with van der Waals surface area (Å²) in [7, 11) is 0. The van der Waals surface area contributed by atoms with Crippen LogP contribution >= 0.6 is 0 Å². The van der Waals surface area contributed by atoms with E-state index < -0.39 is 23.7 Å². The van der Waals surface area contributed by atoms with E-state index in [-0.39, 0.29) is 11.4 Å². The van der Waals surface area contributed by atoms with E-state index in [1.165, 1.54) is 34.0 Å². The number of aliphatic carboxylic acids is 1. The van der Waals surface area contributed by atoms with E-state index in [1.807, 2.05) is 0 Å². The van der Waals surface area contributed by atoms with Gasteiger partial charge in [-0.1, -0.05) is 0 Å². The van der Waals surface area contributed by atoms with Crippen LogP contribution in [0.3, 0.4) is 0 Å². The van der Waals surface area contributed by atoms with E-state index in [9.17, 15) is 24.2 Å². The number of hydrogen-bond acceptors (Lipinski definition) is 4. The highest BCUT2D eigenvalue weighted by molar-refractivity contribution is 5.97. The van der Waals surface area contributed by atoms with Gasteiger partial charge >= 0.3 is 5.97 Å². The summed E-state index contributed by atoms with van der Waals surface area (Å²) in [4.78, 5) is 25.0. The fourth-order valence-corrected chi connectivity index (χ4v) is 2.92. The predicted octanol–water partition coefficient (Wildman–Crippen LogP) is 1.71. The molecular weight excluding hydrogens is 317 g/mol. The molecule has 0 aliphatic carbocycles. The van der Waals surface area contributed by atoms with E-state index >= 15 is 0 Å². The molecule has 3 rings (SSSR count). The lowest BCUT2D eigenvalue weighted by Crippen LogP contribution is -2.40. The smallest absolute Gasteiger partial charge is 0.326 e. The number of carboxylic acid groups (broad SMARTS) is 1. The molecule has 1 aromatic heterocycles. The Bertz CT molecular complexity index is 818. The number of hydrogen-bond donors (Lipinski definition) is 2. The number of carbonyl (C=O) groups excluding carboxylic acids is 1. The third-order valence-corrected chi connectivity index (χ3v) is 4.10. The zero-order valence-electron chi connectivity index (χ0n) is 12.9. The Morgan fingerprint density at radius 3 is 2.79 bits per heavy atom. The Balaban J connectivity index is 1.94. The molecule has 1 aliphatic heterocycles. The fourth-order valence-electron chi connectivity index (χ4n) is 2.92. The number of benzene rings is 1. The molecule has 7 nitrogen and oxygen atoms in total. The van der Waals surface area contributed by atoms with Gasteiger partial charge in [-0.25, -0.2) is 13.9 Å². The topological polar surface area (TPSA) is 95.7 Å². The van der Waals surface area contributed by atoms with Crippen LogP contribution in [0.2, 0.25) is 0 Å². The maximum Gasteiger partial charge on any atom is 0.326 e. The fraction of sp³-hybridized carbons (Fsp3) is 0.312. The Kier molecular flexibility index (Phi) is 3.96. The summed E-state index contributed by atoms with van der Waals surface area (Å²) < 4.78 is 14.5. The Hall–Kier alpha value is -2.90. The number of halogens is 1. The first-order chi connectivity index (χ1) is 11.4. The molecule has 1 aromatic carbocycles. The molecule has 1 atom stereocenters. The lowest BCUT2D eigenvalue weighted by molar-refractivity contribution is -0.141. The van der Waals surface area contributed by atoms with E-state index in [4.69, 9.17) is 0 Å². The Morgan fingerprint density at radius 2 is 2.12 bits per heavy atom. The molecule has 2 aromatic rings. The van der Waals surface area contributed by atoms with Gasteiger partial charge in [-0.05, 0) is 43.5 Å². The lowest BCUT2D eigenvalue weighted by Gasteiger charge is -2.20. The van der Waals surface area contributed by atoms with E-state index in [0.717, 1.165) is 0 Å². The van der Waals surface area contributed by atoms with E-state index in [1.54, 1.807) is 6.92 Å². The van der Waals surface area contributed by atoms with Crippen LogP contribution in [0.15, 0.2) is 24.4 Å². The third-order valence-electron chi connectivity index (χ3n) is 4.10. The second kappa shape index (κ2) is 5.95. The summed E-state index contributed by atoms with van der Waals surface area (Å²) in [5.74, 6) is -2.45. The van der Waals surface area contributed by atoms with Crippen molar-refractivity contribution in [1.29, 1.82) is 0 Å². The Labute approximate surface area is 136 Å². The summed E-state index contributed by atoms with van der Waals surface area (Å²) in [6.07, 6.45) is 2.21. The number of nitrogens with zero attached hydrogens (tertiary/aromatic N) is 3. The molecule has 24 heavy (non-hydrogen) atoms. The summed E-state index contributed by atoms with van der Waals surface area (Å²) in [5, 5.41) is 23.3. The van der Waals surface area contributed by atoms with Crippen molar-refractivity contribution < 1.29 is 24.2 Å². The van der Waals surface area contributed by atoms with Gasteiger partial charge < -0.3 is 15.1 Å². The maximum atomic E-state index is 13.2. The first-order valence-corrected chi connectivity index (χ1v) is 7.47. The first-order valence-electron chi connectivity index (χ1n) is 7.47. The van der Waals surface area contributed by atoms with Gasteiger partial charge in [0.25, 0.3) is 5.91 Å². The number of aryl methyl sites for hydroxylation is 1. The van der Waals surface area contributed by atoms with Gasteiger partial charge in [0.2, 0.25) is 0 Å². The minimum Gasteiger partial charge on any atom is -0.504 e. The van der Waals surface area contributed by atoms with Gasteiger partial charge in [0.15, 0.2) is 11.4 Å². The minimum absolute atomic E-state index is 0.216. The van der Waals surface area contributed by atoms with E-state index in [2.05, 4.69) is 5.10 Å². The van der Waals surface area contributed by atoms with Gasteiger partial charge in [-0.15, -0.1) is 0 Å². The van der Waals surface area contributed by atoms with Crippen LogP contribution in [-0.4, -0.2) is 49.4 Å². The van der Waals surface area contributed by atoms with Crippen LogP contribution < -0.4 is 0 Å². The second-order valence-corrected chi connectivity index (χ2v) is 5.73. The van der Waals surface area contributed by atoms with Crippen molar-refractivity contribution in [3.8, 4) is 11.4 Å². The van der Waals surface area contributed by atoms with Crippen LogP contribution in [0.4, 0.5) is 4.39 Å². The quantitative estimate of drug-likeness (QED) is 0.891. The molecule has 1 fully saturated rings. The third kappa shape index (κ3) is 2.70. The van der Waals surface area contributed by atoms with E-state index in [0.29, 0.717) is 30.6 Å². The standard InChI is InChI=1S/C16H16FN3O4/c1-9-7-10(17)4-5-11(9)20-8-13(21)14(18-20)15(22)19-6-2-3-12(19)16(23)24/h4-5,7-8,12,21H,2-3,6H2,1H3,(H,23,24)/t12-/m1/s1. The molecule has 1 aliphatic rings. The molecule has 0 spiro atoms. The van der Waals surface area contributed by atoms with Crippen LogP contribution in [0, 0.1) is 12.7 Å². The van der Waals surface area contributed by atoms with Crippen molar-refractivity contribution in [2.45, 2.75) is 25.8 Å². The number of carbonyl (C=O) groups is 2. The number of amides is 1. The van der Waals surface area contributed by atoms with Crippen LogP contribution in [0.25, 0.3) is 5.69 Å². The zero-order chi connectivity index (χ0) is 17.4. The van der Waals surface area contributed by atoms with Crippen molar-refractivity contribution >= 4 is 11.9 Å². The minimum atomic E-state index is -1.07. The van der Waals surface area contributed by atoms with Gasteiger partial charge in [0.05, 0.1) is 11.9 Å². The van der Waals surface area contributed by atoms with Crippen LogP contribution in [-0.2, 0) is 4.79 Å². The summed E-state index contributed by atoms with van der Waals surface area (Å²) in [6, 6.07) is 3.15. The number of likely N-dealkylation sites (tertiary alicyclic amines) is 1. The lowest BCUT2D eigenvalue weighted by atomic mass is 10.2. The van der Waals surface area contributed by atoms with Crippen molar-refractivity contribution in [2.24, 2.45) is 0 Å². The SMILES string of the molecule is Cc1cc(F)ccc1-n1cc(O)c(C(=O)N2CCC[C@@H]2C(=O)O)n1. The molecule has 1 amide bonds. The number of aromatic hydroxyl groups is 1. The van der Waals surface area contributed by atoms with Gasteiger partial charge in [0.1, 0.15) is 11.9 Å². The number of rotatable bonds is 3. The average Bonchev–Trinajstić information content (AvgIpc) is 3.13. The maximum absolute atomic E-state index is 13.2. The summed E-state index contributed by atoms with van der Waals surface area (Å²) in [5.41, 5.74) is 0.884. The molecular formula is C16H16FN3O4. The zero-order valence-corrected chi connectivity index (χ0v) is 12.9. The van der Waals surface area contributed by atoms with Gasteiger partial charge in [-0.2, -0.15) is 5.10 Å². The number of aromatic nitrogens is 2. The molecule has 8 heteroatoms. The van der Waals surface area contributed by atoms with Crippen molar-refractivity contribution in [2.75, 3.05) is 6.54 Å². The van der Waals surface area contributed by atoms with Crippen molar-refractivity contribution in [3.63, 3.8) is 0 Å². The summed E-state index contributed by atoms with van der Waals surface area (Å²) in [6.45, 7) is 1.98. The first kappa shape index (κ1) is 16.0. The monoisotopic (exact) mass is 333 g/mol. The normalized spacial score (nSPS) is 17.2. The molecule has 0 radical (unpaired) electrons. The van der Waals surface area contributed by atoms with Crippen molar-refractivity contribution in [1.82, 2.24) is 14.7 Å². The predicted molar refractivity (Wildman–Crippen MR) is 81.6 cm³/mol. The molecule has 0 bridgehead atoms. The van der Waals surface area contributed by atoms with Crippen LogP contribution in [0.5, 0.6) is 5.75 Å². The molecule has 126 valence electrons. The highest BCUT2D eigenvalue weighted by Crippen LogP contribution is 2.25. The molecule has 2 N–H and O–H groups in total. The second-order valence-electron chi connectivity index (χ2n) is 5.73. The average molecular weight is 333 g/mol. The Morgan fingerprint density at radius 1 is 1.38 bits per heavy atom. The van der Waals surface area contributed by atoms with Gasteiger partial charge in [0, 0.05) is 6.54 Å². The highest BCUT2D eigenvalue weighted by Gasteiger charge is 2.36. The largest absolute Gasteiger partial charge is 0.504 e. The van der Waals surface area contributed by atoms with Crippen LogP contribution in [0.1, 0.15) is 28.9 Å².